The molecule has 0 spiro atoms. The first kappa shape index (κ1) is 21.4. The highest BCUT2D eigenvalue weighted by Gasteiger charge is 2.42. The Morgan fingerprint density at radius 3 is 2.25 bits per heavy atom. The van der Waals surface area contributed by atoms with E-state index in [2.05, 4.69) is 25.0 Å². The lowest BCUT2D eigenvalue weighted by Crippen LogP contribution is -2.45. The number of pyridine rings is 1. The van der Waals surface area contributed by atoms with Crippen LogP contribution in [-0.2, 0) is 19.7 Å². The van der Waals surface area contributed by atoms with Gasteiger partial charge in [0, 0.05) is 37.4 Å². The number of hydrogen-bond donors (Lipinski definition) is 2. The maximum absolute atomic E-state index is 13.4. The number of methoxy groups -OCH3 is 1. The van der Waals surface area contributed by atoms with E-state index in [4.69, 9.17) is 10.5 Å². The van der Waals surface area contributed by atoms with E-state index in [0.717, 1.165) is 16.7 Å². The number of carbonyl (C=O) groups is 2. The fourth-order valence-electron chi connectivity index (χ4n) is 3.78. The van der Waals surface area contributed by atoms with Gasteiger partial charge >= 0.3 is 5.97 Å². The molecule has 0 saturated carbocycles. The second-order valence-corrected chi connectivity index (χ2v) is 7.48. The average Bonchev–Trinajstić information content (AvgIpc) is 2.85. The Bertz CT molecular complexity index is 1090. The Hall–Kier alpha value is -3.85. The van der Waals surface area contributed by atoms with Crippen LogP contribution in [0, 0.1) is 0 Å². The summed E-state index contributed by atoms with van der Waals surface area (Å²) < 4.78 is 10.2. The summed E-state index contributed by atoms with van der Waals surface area (Å²) in [5, 5.41) is 2.90. The van der Waals surface area contributed by atoms with Crippen LogP contribution in [0.2, 0.25) is 0 Å². The molecule has 1 saturated heterocycles. The molecule has 0 bridgehead atoms. The molecule has 1 aromatic carbocycles. The molecule has 3 aromatic rings. The number of esters is 1. The molecule has 1 fully saturated rings. The van der Waals surface area contributed by atoms with E-state index < -0.39 is 11.4 Å². The number of benzene rings is 1. The lowest BCUT2D eigenvalue weighted by molar-refractivity contribution is -0.125. The van der Waals surface area contributed by atoms with E-state index in [-0.39, 0.29) is 11.9 Å². The Morgan fingerprint density at radius 2 is 1.66 bits per heavy atom. The highest BCUT2D eigenvalue weighted by molar-refractivity contribution is 5.99. The molecule has 1 aliphatic rings. The summed E-state index contributed by atoms with van der Waals surface area (Å²) >= 11 is 0. The van der Waals surface area contributed by atoms with E-state index in [1.165, 1.54) is 13.3 Å². The van der Waals surface area contributed by atoms with Gasteiger partial charge in [-0.2, -0.15) is 0 Å². The zero-order chi connectivity index (χ0) is 22.6. The summed E-state index contributed by atoms with van der Waals surface area (Å²) in [6, 6.07) is 10.9. The molecule has 164 valence electrons. The van der Waals surface area contributed by atoms with Gasteiger partial charge in [-0.05, 0) is 36.1 Å². The molecule has 0 unspecified atom stereocenters. The number of nitrogens with zero attached hydrogens (tertiary/aromatic N) is 3. The first-order valence-electron chi connectivity index (χ1n) is 10.1. The van der Waals surface area contributed by atoms with Crippen LogP contribution in [0.3, 0.4) is 0 Å². The standard InChI is InChI=1S/C23H23N5O4/c1-31-20(29)16-4-7-19(25-12-16)28-21(30)23(8-10-32-11-9-23)18-5-2-15(3-6-18)17-13-26-22(24)27-14-17/h2-7,12-14H,8-11H2,1H3,(H2,24,26,27)(H,25,28,30). The van der Waals surface area contributed by atoms with E-state index >= 15 is 0 Å². The topological polar surface area (TPSA) is 129 Å². The number of nitrogens with one attached hydrogen (secondary N) is 1. The maximum atomic E-state index is 13.4. The summed E-state index contributed by atoms with van der Waals surface area (Å²) in [6.07, 6.45) is 5.80. The molecule has 4 rings (SSSR count). The molecule has 9 nitrogen and oxygen atoms in total. The van der Waals surface area contributed by atoms with Gasteiger partial charge in [-0.1, -0.05) is 24.3 Å². The lowest BCUT2D eigenvalue weighted by atomic mass is 9.73. The number of hydrogen-bond acceptors (Lipinski definition) is 8. The van der Waals surface area contributed by atoms with Gasteiger partial charge in [0.1, 0.15) is 5.82 Å². The number of ether oxygens (including phenoxy) is 2. The van der Waals surface area contributed by atoms with Crippen LogP contribution >= 0.6 is 0 Å². The second-order valence-electron chi connectivity index (χ2n) is 7.48. The fourth-order valence-corrected chi connectivity index (χ4v) is 3.78. The summed E-state index contributed by atoms with van der Waals surface area (Å²) in [5.41, 5.74) is 7.78. The predicted molar refractivity (Wildman–Crippen MR) is 118 cm³/mol. The average molecular weight is 433 g/mol. The summed E-state index contributed by atoms with van der Waals surface area (Å²) in [6.45, 7) is 0.964. The van der Waals surface area contributed by atoms with Crippen LogP contribution in [0.4, 0.5) is 11.8 Å². The minimum Gasteiger partial charge on any atom is -0.465 e. The number of rotatable bonds is 5. The lowest BCUT2D eigenvalue weighted by Gasteiger charge is -2.36. The van der Waals surface area contributed by atoms with Crippen LogP contribution in [-0.4, -0.2) is 47.2 Å². The van der Waals surface area contributed by atoms with Crippen molar-refractivity contribution in [1.82, 2.24) is 15.0 Å². The van der Waals surface area contributed by atoms with Gasteiger partial charge in [-0.25, -0.2) is 19.7 Å². The molecule has 2 aromatic heterocycles. The molecule has 0 radical (unpaired) electrons. The van der Waals surface area contributed by atoms with Crippen LogP contribution < -0.4 is 11.1 Å². The second kappa shape index (κ2) is 9.11. The molecule has 32 heavy (non-hydrogen) atoms. The molecule has 0 aliphatic carbocycles. The zero-order valence-corrected chi connectivity index (χ0v) is 17.6. The number of nitrogen functional groups attached to an aromatic ring is 1. The third kappa shape index (κ3) is 4.28. The van der Waals surface area contributed by atoms with Gasteiger partial charge in [0.05, 0.1) is 18.1 Å². The Kier molecular flexibility index (Phi) is 6.09. The highest BCUT2D eigenvalue weighted by atomic mass is 16.5. The van der Waals surface area contributed by atoms with Gasteiger partial charge < -0.3 is 20.5 Å². The van der Waals surface area contributed by atoms with Gasteiger partial charge in [-0.3, -0.25) is 4.79 Å². The molecule has 1 amide bonds. The molecule has 3 N–H and O–H groups in total. The van der Waals surface area contributed by atoms with Crippen molar-refractivity contribution in [2.75, 3.05) is 31.4 Å². The van der Waals surface area contributed by atoms with Gasteiger partial charge in [0.2, 0.25) is 11.9 Å². The number of aromatic nitrogens is 3. The normalized spacial score (nSPS) is 15.0. The van der Waals surface area contributed by atoms with Crippen molar-refractivity contribution in [2.45, 2.75) is 18.3 Å². The summed E-state index contributed by atoms with van der Waals surface area (Å²) in [5.74, 6) is -0.0638. The zero-order valence-electron chi connectivity index (χ0n) is 17.6. The van der Waals surface area contributed by atoms with Crippen LogP contribution in [0.1, 0.15) is 28.8 Å². The number of anilines is 2. The first-order chi connectivity index (χ1) is 15.5. The SMILES string of the molecule is COC(=O)c1ccc(NC(=O)C2(c3ccc(-c4cnc(N)nc4)cc3)CCOCC2)nc1. The quantitative estimate of drug-likeness (QED) is 0.588. The summed E-state index contributed by atoms with van der Waals surface area (Å²) in [4.78, 5) is 37.3. The minimum absolute atomic E-state index is 0.164. The van der Waals surface area contributed by atoms with Gasteiger partial charge in [-0.15, -0.1) is 0 Å². The van der Waals surface area contributed by atoms with E-state index in [0.29, 0.717) is 37.4 Å². The highest BCUT2D eigenvalue weighted by Crippen LogP contribution is 2.37. The van der Waals surface area contributed by atoms with Crippen molar-refractivity contribution in [3.63, 3.8) is 0 Å². The fraction of sp³-hybridized carbons (Fsp3) is 0.261. The Labute approximate surface area is 185 Å². The van der Waals surface area contributed by atoms with Crippen LogP contribution in [0.25, 0.3) is 11.1 Å². The van der Waals surface area contributed by atoms with E-state index in [1.54, 1.807) is 24.5 Å². The minimum atomic E-state index is -0.753. The third-order valence-corrected chi connectivity index (χ3v) is 5.65. The van der Waals surface area contributed by atoms with Crippen molar-refractivity contribution in [2.24, 2.45) is 0 Å². The van der Waals surface area contributed by atoms with Crippen LogP contribution in [0.15, 0.2) is 55.0 Å². The van der Waals surface area contributed by atoms with Crippen LogP contribution in [0.5, 0.6) is 0 Å². The smallest absolute Gasteiger partial charge is 0.339 e. The number of nitrogens with two attached hydrogens (primary N) is 1. The number of carbonyl (C=O) groups excluding carboxylic acids is 2. The van der Waals surface area contributed by atoms with Crippen molar-refractivity contribution in [1.29, 1.82) is 0 Å². The third-order valence-electron chi connectivity index (χ3n) is 5.65. The summed E-state index contributed by atoms with van der Waals surface area (Å²) in [7, 11) is 1.30. The molecular weight excluding hydrogens is 410 g/mol. The van der Waals surface area contributed by atoms with E-state index in [1.807, 2.05) is 24.3 Å². The largest absolute Gasteiger partial charge is 0.465 e. The maximum Gasteiger partial charge on any atom is 0.339 e. The van der Waals surface area contributed by atoms with E-state index in [9.17, 15) is 9.59 Å². The molecular formula is C23H23N5O4. The number of amides is 1. The van der Waals surface area contributed by atoms with Crippen molar-refractivity contribution in [3.05, 3.63) is 66.1 Å². The Balaban J connectivity index is 1.58. The monoisotopic (exact) mass is 433 g/mol. The predicted octanol–water partition coefficient (Wildman–Crippen LogP) is 2.59. The molecule has 9 heteroatoms. The Morgan fingerprint density at radius 1 is 0.969 bits per heavy atom. The first-order valence-corrected chi connectivity index (χ1v) is 10.1. The van der Waals surface area contributed by atoms with Crippen molar-refractivity contribution < 1.29 is 19.1 Å². The van der Waals surface area contributed by atoms with Gasteiger partial charge in [0.15, 0.2) is 0 Å². The van der Waals surface area contributed by atoms with Gasteiger partial charge in [0.25, 0.3) is 0 Å². The molecule has 3 heterocycles. The molecule has 0 atom stereocenters. The van der Waals surface area contributed by atoms with Crippen molar-refractivity contribution >= 4 is 23.6 Å². The van der Waals surface area contributed by atoms with Crippen molar-refractivity contribution in [3.8, 4) is 11.1 Å². The molecule has 1 aliphatic heterocycles.